The molecule has 0 bridgehead atoms. The van der Waals surface area contributed by atoms with Crippen LogP contribution in [-0.4, -0.2) is 35.6 Å². The molecule has 0 heterocycles. The van der Waals surface area contributed by atoms with Gasteiger partial charge in [0.25, 0.3) is 0 Å². The second kappa shape index (κ2) is 11.1. The summed E-state index contributed by atoms with van der Waals surface area (Å²) in [6, 6.07) is 14.6. The largest absolute Gasteiger partial charge is 0.479 e. The van der Waals surface area contributed by atoms with Crippen LogP contribution in [-0.2, 0) is 4.79 Å². The first-order chi connectivity index (χ1) is 13.8. The second-order valence-corrected chi connectivity index (χ2v) is 7.97. The van der Waals surface area contributed by atoms with Gasteiger partial charge in [0.2, 0.25) is 0 Å². The topological polar surface area (TPSA) is 62.0 Å². The van der Waals surface area contributed by atoms with Crippen LogP contribution in [0.3, 0.4) is 0 Å². The molecule has 0 fully saturated rings. The van der Waals surface area contributed by atoms with Gasteiger partial charge in [-0.1, -0.05) is 60.8 Å². The number of benzene rings is 2. The number of hydrogen-bond donors (Lipinski definition) is 1. The lowest BCUT2D eigenvalue weighted by molar-refractivity contribution is -0.144. The number of hydrogen-bond acceptors (Lipinski definition) is 3. The predicted octanol–water partition coefficient (Wildman–Crippen LogP) is 6.18. The van der Waals surface area contributed by atoms with Crippen LogP contribution in [0.25, 0.3) is 0 Å². The quantitative estimate of drug-likeness (QED) is 0.359. The third-order valence-corrected chi connectivity index (χ3v) is 5.53. The number of nitrogens with zero attached hydrogens (tertiary/aromatic N) is 2. The number of carboxylic acids is 1. The molecule has 29 heavy (non-hydrogen) atoms. The molecule has 0 saturated carbocycles. The van der Waals surface area contributed by atoms with E-state index in [2.05, 4.69) is 9.98 Å². The molecule has 0 aliphatic rings. The van der Waals surface area contributed by atoms with Gasteiger partial charge in [0.1, 0.15) is 0 Å². The number of carboxylic acid groups (broad SMARTS) is 1. The summed E-state index contributed by atoms with van der Waals surface area (Å²) in [7, 11) is 0. The maximum Gasteiger partial charge on any atom is 0.331 e. The Kier molecular flexibility index (Phi) is 8.87. The molecule has 2 rings (SSSR count). The van der Waals surface area contributed by atoms with Crippen LogP contribution in [0.4, 0.5) is 0 Å². The van der Waals surface area contributed by atoms with Crippen LogP contribution < -0.4 is 0 Å². The van der Waals surface area contributed by atoms with E-state index >= 15 is 0 Å². The lowest BCUT2D eigenvalue weighted by atomic mass is 9.81. The summed E-state index contributed by atoms with van der Waals surface area (Å²) < 4.78 is 0. The van der Waals surface area contributed by atoms with Crippen molar-refractivity contribution in [3.63, 3.8) is 0 Å². The fourth-order valence-electron chi connectivity index (χ4n) is 3.12. The highest BCUT2D eigenvalue weighted by Gasteiger charge is 2.39. The summed E-state index contributed by atoms with van der Waals surface area (Å²) in [5.74, 6) is -1.01. The van der Waals surface area contributed by atoms with E-state index in [4.69, 9.17) is 23.2 Å². The van der Waals surface area contributed by atoms with Crippen molar-refractivity contribution in [1.29, 1.82) is 0 Å². The molecule has 1 N–H and O–H groups in total. The van der Waals surface area contributed by atoms with Gasteiger partial charge >= 0.3 is 5.97 Å². The zero-order valence-corrected chi connectivity index (χ0v) is 18.2. The Morgan fingerprint density at radius 3 is 2.03 bits per heavy atom. The predicted molar refractivity (Wildman–Crippen MR) is 122 cm³/mol. The van der Waals surface area contributed by atoms with Crippen LogP contribution in [0.1, 0.15) is 44.2 Å². The van der Waals surface area contributed by atoms with E-state index in [0.29, 0.717) is 16.6 Å². The van der Waals surface area contributed by atoms with Crippen LogP contribution in [0.5, 0.6) is 0 Å². The minimum absolute atomic E-state index is 0.0886. The lowest BCUT2D eigenvalue weighted by Crippen LogP contribution is -2.41. The first-order valence-corrected chi connectivity index (χ1v) is 10.4. The molecular weight excluding hydrogens is 407 g/mol. The minimum Gasteiger partial charge on any atom is -0.479 e. The highest BCUT2D eigenvalue weighted by molar-refractivity contribution is 6.30. The molecule has 0 spiro atoms. The molecule has 2 aromatic carbocycles. The zero-order chi connectivity index (χ0) is 21.3. The molecule has 0 radical (unpaired) electrons. The van der Waals surface area contributed by atoms with Gasteiger partial charge in [0.15, 0.2) is 5.54 Å². The Bertz CT molecular complexity index is 848. The Labute approximate surface area is 182 Å². The first kappa shape index (κ1) is 23.1. The standard InChI is InChI=1S/C23H26Cl2N2O2/c1-3-19(5-4-14-26-15-17-6-10-20(24)11-7-17)23(2,22(28)29)27-16-18-8-12-21(25)13-9-18/h6-13,15-16,19H,3-5,14H2,1-2H3,(H,28,29). The second-order valence-electron chi connectivity index (χ2n) is 7.10. The third-order valence-electron chi connectivity index (χ3n) is 5.02. The van der Waals surface area contributed by atoms with Gasteiger partial charge in [-0.3, -0.25) is 9.98 Å². The van der Waals surface area contributed by atoms with E-state index in [9.17, 15) is 9.90 Å². The van der Waals surface area contributed by atoms with Gasteiger partial charge in [-0.05, 0) is 61.1 Å². The van der Waals surface area contributed by atoms with E-state index in [1.807, 2.05) is 49.5 Å². The van der Waals surface area contributed by atoms with Crippen LogP contribution in [0.15, 0.2) is 58.5 Å². The van der Waals surface area contributed by atoms with Gasteiger partial charge in [-0.25, -0.2) is 4.79 Å². The van der Waals surface area contributed by atoms with Gasteiger partial charge in [-0.2, -0.15) is 0 Å². The Hall–Kier alpha value is -2.17. The van der Waals surface area contributed by atoms with Gasteiger partial charge in [0.05, 0.1) is 0 Å². The summed E-state index contributed by atoms with van der Waals surface area (Å²) in [4.78, 5) is 20.9. The fourth-order valence-corrected chi connectivity index (χ4v) is 3.38. The number of aliphatic imine (C=N–C) groups is 2. The normalized spacial score (nSPS) is 14.9. The Balaban J connectivity index is 1.98. The van der Waals surface area contributed by atoms with Crippen LogP contribution in [0, 0.1) is 5.92 Å². The Morgan fingerprint density at radius 1 is 1.03 bits per heavy atom. The number of rotatable bonds is 10. The average Bonchev–Trinajstić information content (AvgIpc) is 2.71. The average molecular weight is 433 g/mol. The molecule has 0 aromatic heterocycles. The van der Waals surface area contributed by atoms with Crippen molar-refractivity contribution in [1.82, 2.24) is 0 Å². The van der Waals surface area contributed by atoms with Crippen molar-refractivity contribution in [3.8, 4) is 0 Å². The Morgan fingerprint density at radius 2 is 1.55 bits per heavy atom. The summed E-state index contributed by atoms with van der Waals surface area (Å²) >= 11 is 11.8. The van der Waals surface area contributed by atoms with Gasteiger partial charge < -0.3 is 5.11 Å². The molecule has 2 unspecified atom stereocenters. The molecule has 2 atom stereocenters. The number of halogens is 2. The summed E-state index contributed by atoms with van der Waals surface area (Å²) in [5.41, 5.74) is 0.627. The number of carbonyl (C=O) groups is 1. The molecule has 4 nitrogen and oxygen atoms in total. The third kappa shape index (κ3) is 6.98. The summed E-state index contributed by atoms with van der Waals surface area (Å²) in [6.07, 6.45) is 5.68. The van der Waals surface area contributed by atoms with E-state index in [0.717, 1.165) is 30.4 Å². The molecular formula is C23H26Cl2N2O2. The summed E-state index contributed by atoms with van der Waals surface area (Å²) in [6.45, 7) is 4.32. The molecule has 0 aliphatic heterocycles. The van der Waals surface area contributed by atoms with Crippen molar-refractivity contribution in [2.45, 2.75) is 38.6 Å². The SMILES string of the molecule is CCC(CCCN=Cc1ccc(Cl)cc1)C(C)(N=Cc1ccc(Cl)cc1)C(=O)O. The van der Waals surface area contributed by atoms with Gasteiger partial charge in [-0.15, -0.1) is 0 Å². The highest BCUT2D eigenvalue weighted by atomic mass is 35.5. The first-order valence-electron chi connectivity index (χ1n) is 9.64. The molecule has 154 valence electrons. The molecule has 0 saturated heterocycles. The maximum absolute atomic E-state index is 12.0. The smallest absolute Gasteiger partial charge is 0.331 e. The zero-order valence-electron chi connectivity index (χ0n) is 16.7. The van der Waals surface area contributed by atoms with Gasteiger partial charge in [0, 0.05) is 29.0 Å². The van der Waals surface area contributed by atoms with Crippen molar-refractivity contribution >= 4 is 41.6 Å². The van der Waals surface area contributed by atoms with Crippen LogP contribution >= 0.6 is 23.2 Å². The molecule has 0 aliphatic carbocycles. The van der Waals surface area contributed by atoms with E-state index in [1.165, 1.54) is 0 Å². The molecule has 6 heteroatoms. The van der Waals surface area contributed by atoms with Crippen molar-refractivity contribution < 1.29 is 9.90 Å². The van der Waals surface area contributed by atoms with Crippen LogP contribution in [0.2, 0.25) is 10.0 Å². The van der Waals surface area contributed by atoms with E-state index < -0.39 is 11.5 Å². The van der Waals surface area contributed by atoms with Crippen molar-refractivity contribution in [2.24, 2.45) is 15.9 Å². The monoisotopic (exact) mass is 432 g/mol. The van der Waals surface area contributed by atoms with E-state index in [1.54, 1.807) is 25.3 Å². The number of aliphatic carboxylic acids is 1. The lowest BCUT2D eigenvalue weighted by Gasteiger charge is -2.29. The van der Waals surface area contributed by atoms with Crippen molar-refractivity contribution in [2.75, 3.05) is 6.54 Å². The van der Waals surface area contributed by atoms with E-state index in [-0.39, 0.29) is 5.92 Å². The maximum atomic E-state index is 12.0. The highest BCUT2D eigenvalue weighted by Crippen LogP contribution is 2.30. The minimum atomic E-state index is -1.19. The fraction of sp³-hybridized carbons (Fsp3) is 0.348. The molecule has 0 amide bonds. The summed E-state index contributed by atoms with van der Waals surface area (Å²) in [5, 5.41) is 11.2. The molecule has 2 aromatic rings. The van der Waals surface area contributed by atoms with Crippen molar-refractivity contribution in [3.05, 3.63) is 69.7 Å².